The maximum Gasteiger partial charge on any atom is 2.00 e. The minimum Gasteiger partial charge on any atom is -0.481 e. The molecule has 4 aromatic carbocycles. The van der Waals surface area contributed by atoms with Crippen molar-refractivity contribution in [1.82, 2.24) is 0 Å². The molecule has 6 rings (SSSR count). The van der Waals surface area contributed by atoms with Gasteiger partial charge in [-0.15, -0.1) is 0 Å². The normalized spacial score (nSPS) is 10.4. The number of rotatable bonds is 0. The van der Waals surface area contributed by atoms with Crippen LogP contribution in [0.25, 0.3) is 0 Å². The van der Waals surface area contributed by atoms with Gasteiger partial charge in [-0.1, -0.05) is 30.0 Å². The summed E-state index contributed by atoms with van der Waals surface area (Å²) in [6.45, 7) is 0. The largest absolute Gasteiger partial charge is 2.00 e. The van der Waals surface area contributed by atoms with Crippen molar-refractivity contribution in [2.45, 2.75) is 0 Å². The number of aliphatic hydroxyl groups excluding tert-OH is 1. The van der Waals surface area contributed by atoms with Crippen molar-refractivity contribution in [3.8, 4) is 0 Å². The van der Waals surface area contributed by atoms with Crippen LogP contribution >= 0.6 is 0 Å². The Balaban J connectivity index is -0.000000409. The van der Waals surface area contributed by atoms with Gasteiger partial charge < -0.3 is 21.2 Å². The van der Waals surface area contributed by atoms with Crippen molar-refractivity contribution in [3.63, 3.8) is 0 Å². The van der Waals surface area contributed by atoms with E-state index in [9.17, 15) is 5.21 Å². The molecule has 0 atom stereocenters. The van der Waals surface area contributed by atoms with Crippen LogP contribution in [0, 0.1) is 5.21 Å². The molecule has 0 heterocycles. The van der Waals surface area contributed by atoms with E-state index in [0.717, 1.165) is 5.69 Å². The maximum atomic E-state index is 9.98. The fourth-order valence-corrected chi connectivity index (χ4v) is 2.37. The summed E-state index contributed by atoms with van der Waals surface area (Å²) in [5.74, 6) is -0.616. The first-order chi connectivity index (χ1) is 18.0. The Kier molecular flexibility index (Phi) is 28.9. The van der Waals surface area contributed by atoms with Gasteiger partial charge in [0.05, 0.1) is 5.57 Å². The van der Waals surface area contributed by atoms with Gasteiger partial charge >= 0.3 is 17.1 Å². The summed E-state index contributed by atoms with van der Waals surface area (Å²) in [5.41, 5.74) is 6.85. The molecule has 9 heteroatoms. The van der Waals surface area contributed by atoms with Crippen molar-refractivity contribution in [2.24, 2.45) is 0 Å². The second-order valence-corrected chi connectivity index (χ2v) is 7.02. The molecule has 2 aliphatic carbocycles. The monoisotopic (exact) mass is 664 g/mol. The summed E-state index contributed by atoms with van der Waals surface area (Å²) in [7, 11) is 0. The Hall–Kier alpha value is -3.67. The van der Waals surface area contributed by atoms with E-state index in [1.54, 1.807) is 36.5 Å². The van der Waals surface area contributed by atoms with Crippen LogP contribution in [0.2, 0.25) is 0 Å². The molecule has 0 amide bonds. The van der Waals surface area contributed by atoms with Crippen molar-refractivity contribution in [2.75, 3.05) is 5.73 Å². The van der Waals surface area contributed by atoms with Crippen molar-refractivity contribution >= 4 is 11.4 Å². The smallest absolute Gasteiger partial charge is 0.481 e. The summed E-state index contributed by atoms with van der Waals surface area (Å²) < 4.78 is 0. The third-order valence-electron chi connectivity index (χ3n) is 4.14. The van der Waals surface area contributed by atoms with Gasteiger partial charge in [0.2, 0.25) is 0 Å². The second-order valence-electron chi connectivity index (χ2n) is 7.02. The number of anilines is 1. The molecular formula is C31H32Fe3N2O4-2. The fraction of sp³-hybridized carbons (Fsp3) is 0. The number of aliphatic hydroxyl groups is 2. The summed E-state index contributed by atoms with van der Waals surface area (Å²) in [6.07, 6.45) is 13.1. The summed E-state index contributed by atoms with van der Waals surface area (Å²) in [5, 5.41) is 34.9. The van der Waals surface area contributed by atoms with E-state index in [1.807, 2.05) is 115 Å². The van der Waals surface area contributed by atoms with Crippen molar-refractivity contribution < 1.29 is 71.5 Å². The van der Waals surface area contributed by atoms with E-state index >= 15 is 0 Å². The quantitative estimate of drug-likeness (QED) is 0.0401. The molecule has 40 heavy (non-hydrogen) atoms. The van der Waals surface area contributed by atoms with Crippen LogP contribution in [0.3, 0.4) is 0 Å². The first-order valence-corrected chi connectivity index (χ1v) is 11.3. The molecule has 0 saturated heterocycles. The number of allylic oxidation sites excluding steroid dienone is 9. The van der Waals surface area contributed by atoms with E-state index < -0.39 is 5.95 Å². The minimum absolute atomic E-state index is 0. The summed E-state index contributed by atoms with van der Waals surface area (Å²) in [4.78, 5) is -0.167. The molecule has 0 aliphatic heterocycles. The predicted molar refractivity (Wildman–Crippen MR) is 152 cm³/mol. The van der Waals surface area contributed by atoms with Gasteiger partial charge in [0.1, 0.15) is 0 Å². The first-order valence-electron chi connectivity index (χ1n) is 11.3. The van der Waals surface area contributed by atoms with E-state index in [0.29, 0.717) is 5.57 Å². The standard InChI is InChI=1S/C6H6O2.C5H5NO2.C5H6N.3C5H5.3Fe/c2*7-6(8)5-3-1-2-4-5;6-5-3-1-2-4-5;3*1-2-4-5-3-1;;;/h1-4,7-8H;1-4H,(H,7,8);1-4H,6H2;3*1-5H;;;/q;;4*-1;;;+2. The zero-order valence-electron chi connectivity index (χ0n) is 21.4. The van der Waals surface area contributed by atoms with Gasteiger partial charge in [-0.2, -0.15) is 66.7 Å². The molecule has 0 radical (unpaired) electrons. The van der Waals surface area contributed by atoms with Gasteiger partial charge in [-0.05, 0) is 12.2 Å². The second kappa shape index (κ2) is 28.3. The molecule has 0 saturated carbocycles. The maximum absolute atomic E-state index is 9.98. The van der Waals surface area contributed by atoms with E-state index in [4.69, 9.17) is 21.2 Å². The predicted octanol–water partition coefficient (Wildman–Crippen LogP) is 7.09. The number of hydrogen-bond acceptors (Lipinski definition) is 5. The number of nitrogens with two attached hydrogens (primary N) is 1. The van der Waals surface area contributed by atoms with E-state index in [2.05, 4.69) is 0 Å². The summed E-state index contributed by atoms with van der Waals surface area (Å²) >= 11 is 0. The molecule has 0 spiro atoms. The SMILES string of the molecule is N[c-]1cccc1.OC(O)=C1C=CC=C1.[Fe+2].[Fe].[Fe].[O-][N+](O)=C1C=CC=C1.c1cc[cH-]c1.c1cc[cH-]c1.c1cc[cH-]c1. The topological polar surface area (TPSA) is 113 Å². The molecule has 0 bridgehead atoms. The molecule has 0 fully saturated rings. The van der Waals surface area contributed by atoms with E-state index in [1.165, 1.54) is 12.2 Å². The molecule has 6 nitrogen and oxygen atoms in total. The molecule has 0 unspecified atom stereocenters. The molecule has 216 valence electrons. The molecule has 0 aromatic heterocycles. The zero-order valence-corrected chi connectivity index (χ0v) is 24.7. The Morgan fingerprint density at radius 1 is 0.650 bits per heavy atom. The summed E-state index contributed by atoms with van der Waals surface area (Å²) in [6, 6.07) is 37.5. The van der Waals surface area contributed by atoms with Crippen LogP contribution in [-0.4, -0.2) is 26.0 Å². The van der Waals surface area contributed by atoms with Gasteiger partial charge in [-0.3, -0.25) is 5.21 Å². The van der Waals surface area contributed by atoms with Gasteiger partial charge in [0, 0.05) is 51.2 Å². The molecular weight excluding hydrogens is 632 g/mol. The van der Waals surface area contributed by atoms with Crippen molar-refractivity contribution in [3.05, 3.63) is 181 Å². The van der Waals surface area contributed by atoms with E-state index in [-0.39, 0.29) is 61.8 Å². The Bertz CT molecular complexity index is 1010. The van der Waals surface area contributed by atoms with Crippen LogP contribution in [-0.2, 0) is 51.2 Å². The van der Waals surface area contributed by atoms with Gasteiger partial charge in [0.25, 0.3) is 11.7 Å². The van der Waals surface area contributed by atoms with Crippen LogP contribution in [0.5, 0.6) is 0 Å². The van der Waals surface area contributed by atoms with Gasteiger partial charge in [-0.25, -0.2) is 48.5 Å². The van der Waals surface area contributed by atoms with Crippen LogP contribution in [0.1, 0.15) is 0 Å². The van der Waals surface area contributed by atoms with Crippen LogP contribution in [0.15, 0.2) is 175 Å². The first kappa shape index (κ1) is 40.8. The Morgan fingerprint density at radius 2 is 0.975 bits per heavy atom. The van der Waals surface area contributed by atoms with Gasteiger partial charge in [0.15, 0.2) is 0 Å². The molecule has 5 N–H and O–H groups in total. The number of nitrogens with zero attached hydrogens (tertiary/aromatic N) is 1. The average molecular weight is 664 g/mol. The molecule has 2 aliphatic rings. The third kappa shape index (κ3) is 23.4. The number of nitrogen functional groups attached to an aromatic ring is 1. The van der Waals surface area contributed by atoms with Crippen LogP contribution < -0.4 is 5.73 Å². The third-order valence-corrected chi connectivity index (χ3v) is 4.14. The number of hydrogen-bond donors (Lipinski definition) is 4. The van der Waals surface area contributed by atoms with Crippen molar-refractivity contribution in [1.29, 1.82) is 0 Å². The molecule has 4 aromatic rings. The fourth-order valence-electron chi connectivity index (χ4n) is 2.37. The van der Waals surface area contributed by atoms with Crippen LogP contribution in [0.4, 0.5) is 5.69 Å². The average Bonchev–Trinajstić information content (AvgIpc) is 3.75. The minimum atomic E-state index is -0.616. The Morgan fingerprint density at radius 3 is 1.12 bits per heavy atom. The Labute approximate surface area is 267 Å². The zero-order chi connectivity index (χ0) is 27.0.